The third-order valence-electron chi connectivity index (χ3n) is 2.62. The number of hydrogen-bond donors (Lipinski definition) is 3. The summed E-state index contributed by atoms with van der Waals surface area (Å²) in [5.41, 5.74) is 1.25. The molecule has 0 bridgehead atoms. The second-order valence-corrected chi connectivity index (χ2v) is 5.64. The normalized spacial score (nSPS) is 11.9. The molecule has 0 saturated carbocycles. The molecule has 4 nitrogen and oxygen atoms in total. The average Bonchev–Trinajstić information content (AvgIpc) is 2.37. The summed E-state index contributed by atoms with van der Waals surface area (Å²) < 4.78 is 0. The number of urea groups is 1. The van der Waals surface area contributed by atoms with E-state index in [1.165, 1.54) is 10.5 Å². The van der Waals surface area contributed by atoms with E-state index < -0.39 is 0 Å². The molecule has 0 unspecified atom stereocenters. The van der Waals surface area contributed by atoms with Gasteiger partial charge in [-0.05, 0) is 32.4 Å². The van der Waals surface area contributed by atoms with Gasteiger partial charge in [-0.25, -0.2) is 4.79 Å². The van der Waals surface area contributed by atoms with Crippen molar-refractivity contribution < 1.29 is 9.90 Å². The largest absolute Gasteiger partial charge is 0.396 e. The number of thioether (sulfide) groups is 1. The van der Waals surface area contributed by atoms with E-state index in [0.717, 1.165) is 5.75 Å². The molecule has 0 aliphatic heterocycles. The zero-order chi connectivity index (χ0) is 14.1. The molecule has 1 aromatic carbocycles. The fourth-order valence-electron chi connectivity index (χ4n) is 1.51. The molecule has 0 fully saturated rings. The van der Waals surface area contributed by atoms with Crippen molar-refractivity contribution in [2.45, 2.75) is 31.2 Å². The number of benzene rings is 1. The Morgan fingerprint density at radius 2 is 2.05 bits per heavy atom. The molecule has 0 spiro atoms. The third-order valence-corrected chi connectivity index (χ3v) is 3.63. The summed E-state index contributed by atoms with van der Waals surface area (Å²) in [6.45, 7) is 4.64. The molecule has 0 aromatic heterocycles. The maximum absolute atomic E-state index is 11.5. The number of nitrogens with one attached hydrogen (secondary N) is 2. The van der Waals surface area contributed by atoms with Crippen LogP contribution in [-0.2, 0) is 0 Å². The first-order valence-electron chi connectivity index (χ1n) is 6.46. The van der Waals surface area contributed by atoms with Gasteiger partial charge in [-0.2, -0.15) is 0 Å². The minimum Gasteiger partial charge on any atom is -0.396 e. The number of aryl methyl sites for hydroxylation is 1. The Bertz CT molecular complexity index is 382. The standard InChI is InChI=1S/C14H22N2O2S/c1-11-3-5-13(6-4-11)19-10-8-15-14(18)16-12(2)7-9-17/h3-6,12,17H,7-10H2,1-2H3,(H2,15,16,18)/t12-/m1/s1. The van der Waals surface area contributed by atoms with Crippen LogP contribution in [0.2, 0.25) is 0 Å². The molecule has 106 valence electrons. The molecule has 0 heterocycles. The van der Waals surface area contributed by atoms with Crippen LogP contribution in [0.3, 0.4) is 0 Å². The lowest BCUT2D eigenvalue weighted by molar-refractivity contribution is 0.231. The summed E-state index contributed by atoms with van der Waals surface area (Å²) in [5, 5.41) is 14.3. The summed E-state index contributed by atoms with van der Waals surface area (Å²) in [7, 11) is 0. The SMILES string of the molecule is Cc1ccc(SCCNC(=O)N[C@H](C)CCO)cc1. The van der Waals surface area contributed by atoms with Crippen molar-refractivity contribution in [3.63, 3.8) is 0 Å². The molecule has 19 heavy (non-hydrogen) atoms. The number of aliphatic hydroxyl groups excluding tert-OH is 1. The van der Waals surface area contributed by atoms with E-state index in [4.69, 9.17) is 5.11 Å². The van der Waals surface area contributed by atoms with Crippen molar-refractivity contribution in [2.75, 3.05) is 18.9 Å². The van der Waals surface area contributed by atoms with Crippen molar-refractivity contribution in [3.8, 4) is 0 Å². The quantitative estimate of drug-likeness (QED) is 0.530. The Kier molecular flexibility index (Phi) is 7.36. The minimum atomic E-state index is -0.176. The van der Waals surface area contributed by atoms with E-state index in [9.17, 15) is 4.79 Å². The van der Waals surface area contributed by atoms with Crippen LogP contribution in [0.25, 0.3) is 0 Å². The first-order chi connectivity index (χ1) is 9.11. The summed E-state index contributed by atoms with van der Waals surface area (Å²) in [6.07, 6.45) is 0.575. The lowest BCUT2D eigenvalue weighted by atomic mass is 10.2. The second kappa shape index (κ2) is 8.82. The lowest BCUT2D eigenvalue weighted by Crippen LogP contribution is -2.41. The van der Waals surface area contributed by atoms with Crippen LogP contribution < -0.4 is 10.6 Å². The molecule has 0 radical (unpaired) electrons. The number of amides is 2. The second-order valence-electron chi connectivity index (χ2n) is 4.48. The van der Waals surface area contributed by atoms with Crippen LogP contribution in [0.4, 0.5) is 4.79 Å². The number of aliphatic hydroxyl groups is 1. The Labute approximate surface area is 119 Å². The Balaban J connectivity index is 2.13. The number of carbonyl (C=O) groups is 1. The molecule has 0 aliphatic rings. The highest BCUT2D eigenvalue weighted by Gasteiger charge is 2.05. The van der Waals surface area contributed by atoms with Crippen LogP contribution in [0, 0.1) is 6.92 Å². The van der Waals surface area contributed by atoms with Crippen LogP contribution in [0.5, 0.6) is 0 Å². The molecule has 1 aromatic rings. The van der Waals surface area contributed by atoms with Gasteiger partial charge in [0.25, 0.3) is 0 Å². The van der Waals surface area contributed by atoms with Crippen molar-refractivity contribution in [1.82, 2.24) is 10.6 Å². The van der Waals surface area contributed by atoms with E-state index in [0.29, 0.717) is 13.0 Å². The highest BCUT2D eigenvalue weighted by atomic mass is 32.2. The monoisotopic (exact) mass is 282 g/mol. The Hall–Kier alpha value is -1.20. The molecule has 2 amide bonds. The van der Waals surface area contributed by atoms with Gasteiger partial charge in [0.2, 0.25) is 0 Å². The average molecular weight is 282 g/mol. The van der Waals surface area contributed by atoms with Gasteiger partial charge in [0.15, 0.2) is 0 Å². The predicted octanol–water partition coefficient (Wildman–Crippen LogP) is 2.16. The summed E-state index contributed by atoms with van der Waals surface area (Å²) >= 11 is 1.72. The number of rotatable bonds is 7. The van der Waals surface area contributed by atoms with Gasteiger partial charge in [-0.1, -0.05) is 17.7 Å². The minimum absolute atomic E-state index is 0.00486. The smallest absolute Gasteiger partial charge is 0.315 e. The highest BCUT2D eigenvalue weighted by Crippen LogP contribution is 2.17. The van der Waals surface area contributed by atoms with Gasteiger partial charge >= 0.3 is 6.03 Å². The van der Waals surface area contributed by atoms with Gasteiger partial charge in [-0.15, -0.1) is 11.8 Å². The van der Waals surface area contributed by atoms with Crippen molar-refractivity contribution in [3.05, 3.63) is 29.8 Å². The molecule has 0 saturated heterocycles. The van der Waals surface area contributed by atoms with Crippen LogP contribution in [0.1, 0.15) is 18.9 Å². The molecule has 1 atom stereocenters. The fraction of sp³-hybridized carbons (Fsp3) is 0.500. The van der Waals surface area contributed by atoms with Gasteiger partial charge < -0.3 is 15.7 Å². The van der Waals surface area contributed by atoms with Gasteiger partial charge in [0.05, 0.1) is 0 Å². The Morgan fingerprint density at radius 1 is 1.37 bits per heavy atom. The Morgan fingerprint density at radius 3 is 2.68 bits per heavy atom. The fourth-order valence-corrected chi connectivity index (χ4v) is 2.28. The summed E-state index contributed by atoms with van der Waals surface area (Å²) in [5.74, 6) is 0.838. The van der Waals surface area contributed by atoms with Crippen LogP contribution in [0.15, 0.2) is 29.2 Å². The third kappa shape index (κ3) is 7.08. The molecular weight excluding hydrogens is 260 g/mol. The van der Waals surface area contributed by atoms with Crippen molar-refractivity contribution in [1.29, 1.82) is 0 Å². The zero-order valence-corrected chi connectivity index (χ0v) is 12.3. The molecule has 0 aliphatic carbocycles. The zero-order valence-electron chi connectivity index (χ0n) is 11.5. The topological polar surface area (TPSA) is 61.4 Å². The maximum Gasteiger partial charge on any atom is 0.315 e. The van der Waals surface area contributed by atoms with E-state index in [-0.39, 0.29) is 18.7 Å². The van der Waals surface area contributed by atoms with Crippen LogP contribution >= 0.6 is 11.8 Å². The van der Waals surface area contributed by atoms with Crippen LogP contribution in [-0.4, -0.2) is 36.1 Å². The van der Waals surface area contributed by atoms with Crippen molar-refractivity contribution in [2.24, 2.45) is 0 Å². The predicted molar refractivity (Wildman–Crippen MR) is 79.6 cm³/mol. The molecule has 1 rings (SSSR count). The van der Waals surface area contributed by atoms with Gasteiger partial charge in [-0.3, -0.25) is 0 Å². The van der Waals surface area contributed by atoms with Gasteiger partial charge in [0, 0.05) is 29.8 Å². The summed E-state index contributed by atoms with van der Waals surface area (Å²) in [4.78, 5) is 12.7. The number of carbonyl (C=O) groups excluding carboxylic acids is 1. The van der Waals surface area contributed by atoms with E-state index >= 15 is 0 Å². The summed E-state index contributed by atoms with van der Waals surface area (Å²) in [6, 6.07) is 8.16. The van der Waals surface area contributed by atoms with E-state index in [2.05, 4.69) is 41.8 Å². The lowest BCUT2D eigenvalue weighted by Gasteiger charge is -2.13. The molecule has 3 N–H and O–H groups in total. The van der Waals surface area contributed by atoms with E-state index in [1.807, 2.05) is 6.92 Å². The first-order valence-corrected chi connectivity index (χ1v) is 7.45. The van der Waals surface area contributed by atoms with E-state index in [1.54, 1.807) is 11.8 Å². The first kappa shape index (κ1) is 15.9. The molecular formula is C14H22N2O2S. The molecule has 5 heteroatoms. The number of hydrogen-bond acceptors (Lipinski definition) is 3. The maximum atomic E-state index is 11.5. The van der Waals surface area contributed by atoms with Gasteiger partial charge in [0.1, 0.15) is 0 Å². The van der Waals surface area contributed by atoms with Crippen molar-refractivity contribution >= 4 is 17.8 Å². The highest BCUT2D eigenvalue weighted by molar-refractivity contribution is 7.99.